The Morgan fingerprint density at radius 3 is 2.58 bits per heavy atom. The maximum absolute atomic E-state index is 10.9. The van der Waals surface area contributed by atoms with Gasteiger partial charge in [-0.15, -0.1) is 0 Å². The molecule has 1 aromatic rings. The van der Waals surface area contributed by atoms with Gasteiger partial charge in [0.2, 0.25) is 5.56 Å². The molecule has 1 rings (SSSR count). The van der Waals surface area contributed by atoms with Crippen molar-refractivity contribution in [2.45, 2.75) is 26.3 Å². The van der Waals surface area contributed by atoms with Gasteiger partial charge in [-0.2, -0.15) is 0 Å². The Labute approximate surface area is 71.8 Å². The summed E-state index contributed by atoms with van der Waals surface area (Å²) in [7, 11) is 0. The molecule has 3 heteroatoms. The van der Waals surface area contributed by atoms with Gasteiger partial charge in [0, 0.05) is 23.5 Å². The van der Waals surface area contributed by atoms with E-state index in [4.69, 9.17) is 0 Å². The van der Waals surface area contributed by atoms with E-state index in [1.807, 2.05) is 26.8 Å². The lowest BCUT2D eigenvalue weighted by molar-refractivity contribution is 0.634. The highest BCUT2D eigenvalue weighted by molar-refractivity contribution is 5.42. The Kier molecular flexibility index (Phi) is 2.22. The smallest absolute Gasteiger partial charge is 0.249 e. The van der Waals surface area contributed by atoms with E-state index in [9.17, 15) is 4.79 Å². The molecule has 0 saturated carbocycles. The number of aromatic amines is 1. The molecule has 0 aliphatic carbocycles. The van der Waals surface area contributed by atoms with E-state index in [2.05, 4.69) is 10.3 Å². The van der Waals surface area contributed by atoms with Crippen LogP contribution in [0.3, 0.4) is 0 Å². The lowest BCUT2D eigenvalue weighted by Crippen LogP contribution is -2.26. The van der Waals surface area contributed by atoms with Crippen molar-refractivity contribution in [3.05, 3.63) is 28.7 Å². The standard InChI is InChI=1S/C9H14N2O/c1-9(2,3)11-7-4-5-10-8(12)6-7/h4-6H,1-3H3,(H2,10,11,12). The molecule has 0 aliphatic rings. The molecule has 3 nitrogen and oxygen atoms in total. The summed E-state index contributed by atoms with van der Waals surface area (Å²) in [6, 6.07) is 3.39. The molecule has 0 aromatic carbocycles. The topological polar surface area (TPSA) is 44.9 Å². The number of pyridine rings is 1. The van der Waals surface area contributed by atoms with E-state index < -0.39 is 0 Å². The van der Waals surface area contributed by atoms with Crippen LogP contribution in [-0.2, 0) is 0 Å². The van der Waals surface area contributed by atoms with Gasteiger partial charge in [-0.25, -0.2) is 0 Å². The molecule has 1 aromatic heterocycles. The summed E-state index contributed by atoms with van der Waals surface area (Å²) in [5.74, 6) is 0. The maximum atomic E-state index is 10.9. The summed E-state index contributed by atoms with van der Waals surface area (Å²) in [5.41, 5.74) is 0.767. The van der Waals surface area contributed by atoms with Crippen LogP contribution in [0.5, 0.6) is 0 Å². The minimum absolute atomic E-state index is 0.00616. The fraction of sp³-hybridized carbons (Fsp3) is 0.444. The quantitative estimate of drug-likeness (QED) is 0.665. The van der Waals surface area contributed by atoms with Gasteiger partial charge in [0.25, 0.3) is 0 Å². The number of rotatable bonds is 1. The van der Waals surface area contributed by atoms with Crippen LogP contribution in [0.15, 0.2) is 23.1 Å². The summed E-state index contributed by atoms with van der Waals surface area (Å²) in [5, 5.41) is 3.20. The average Bonchev–Trinajstić information content (AvgIpc) is 1.82. The van der Waals surface area contributed by atoms with Crippen molar-refractivity contribution < 1.29 is 0 Å². The van der Waals surface area contributed by atoms with Crippen molar-refractivity contribution in [3.63, 3.8) is 0 Å². The molecule has 0 bridgehead atoms. The number of hydrogen-bond donors (Lipinski definition) is 2. The first kappa shape index (κ1) is 8.84. The zero-order valence-corrected chi connectivity index (χ0v) is 7.64. The lowest BCUT2D eigenvalue weighted by atomic mass is 10.1. The van der Waals surface area contributed by atoms with E-state index >= 15 is 0 Å². The van der Waals surface area contributed by atoms with E-state index in [0.29, 0.717) is 0 Å². The third kappa shape index (κ3) is 2.78. The minimum atomic E-state index is -0.0794. The van der Waals surface area contributed by atoms with Gasteiger partial charge in [-0.3, -0.25) is 4.79 Å². The second kappa shape index (κ2) is 3.01. The number of anilines is 1. The van der Waals surface area contributed by atoms with Crippen molar-refractivity contribution >= 4 is 5.69 Å². The number of hydrogen-bond acceptors (Lipinski definition) is 2. The van der Waals surface area contributed by atoms with E-state index in [-0.39, 0.29) is 11.1 Å². The molecule has 0 spiro atoms. The third-order valence-electron chi connectivity index (χ3n) is 1.29. The molecule has 0 amide bonds. The first-order chi connectivity index (χ1) is 5.47. The molecule has 0 fully saturated rings. The van der Waals surface area contributed by atoms with Gasteiger partial charge in [-0.1, -0.05) is 0 Å². The molecule has 12 heavy (non-hydrogen) atoms. The molecule has 2 N–H and O–H groups in total. The zero-order valence-electron chi connectivity index (χ0n) is 7.64. The highest BCUT2D eigenvalue weighted by atomic mass is 16.1. The summed E-state index contributed by atoms with van der Waals surface area (Å²) in [6.07, 6.45) is 1.64. The predicted octanol–water partition coefficient (Wildman–Crippen LogP) is 1.59. The average molecular weight is 166 g/mol. The maximum Gasteiger partial charge on any atom is 0.249 e. The zero-order chi connectivity index (χ0) is 9.19. The highest BCUT2D eigenvalue weighted by Gasteiger charge is 2.08. The van der Waals surface area contributed by atoms with Gasteiger partial charge >= 0.3 is 0 Å². The molecule has 1 heterocycles. The Balaban J connectivity index is 2.84. The Bertz CT molecular complexity index is 309. The van der Waals surface area contributed by atoms with E-state index in [1.54, 1.807) is 12.3 Å². The minimum Gasteiger partial charge on any atom is -0.380 e. The fourth-order valence-electron chi connectivity index (χ4n) is 0.955. The van der Waals surface area contributed by atoms with Gasteiger partial charge in [0.05, 0.1) is 0 Å². The summed E-state index contributed by atoms with van der Waals surface area (Å²) in [6.45, 7) is 6.15. The SMILES string of the molecule is CC(C)(C)Nc1cc[nH]c(=O)c1. The highest BCUT2D eigenvalue weighted by Crippen LogP contribution is 2.10. The van der Waals surface area contributed by atoms with E-state index in [0.717, 1.165) is 5.69 Å². The number of H-pyrrole nitrogens is 1. The molecule has 0 radical (unpaired) electrons. The Morgan fingerprint density at radius 2 is 2.08 bits per heavy atom. The van der Waals surface area contributed by atoms with Crippen molar-refractivity contribution in [3.8, 4) is 0 Å². The first-order valence-electron chi connectivity index (χ1n) is 3.94. The van der Waals surface area contributed by atoms with Gasteiger partial charge in [-0.05, 0) is 26.8 Å². The van der Waals surface area contributed by atoms with E-state index in [1.165, 1.54) is 0 Å². The van der Waals surface area contributed by atoms with Crippen molar-refractivity contribution in [2.24, 2.45) is 0 Å². The largest absolute Gasteiger partial charge is 0.380 e. The predicted molar refractivity (Wildman–Crippen MR) is 50.4 cm³/mol. The van der Waals surface area contributed by atoms with Crippen LogP contribution in [0.1, 0.15) is 20.8 Å². The van der Waals surface area contributed by atoms with Crippen LogP contribution in [0.25, 0.3) is 0 Å². The Morgan fingerprint density at radius 1 is 1.42 bits per heavy atom. The summed E-state index contributed by atoms with van der Waals surface area (Å²) < 4.78 is 0. The molecular weight excluding hydrogens is 152 g/mol. The van der Waals surface area contributed by atoms with Crippen LogP contribution >= 0.6 is 0 Å². The number of aromatic nitrogens is 1. The molecular formula is C9H14N2O. The normalized spacial score (nSPS) is 11.2. The molecule has 66 valence electrons. The Hall–Kier alpha value is -1.25. The van der Waals surface area contributed by atoms with Gasteiger partial charge < -0.3 is 10.3 Å². The lowest BCUT2D eigenvalue weighted by Gasteiger charge is -2.21. The second-order valence-electron chi connectivity index (χ2n) is 3.82. The van der Waals surface area contributed by atoms with Gasteiger partial charge in [0.15, 0.2) is 0 Å². The first-order valence-corrected chi connectivity index (χ1v) is 3.94. The van der Waals surface area contributed by atoms with Crippen molar-refractivity contribution in [1.82, 2.24) is 4.98 Å². The summed E-state index contributed by atoms with van der Waals surface area (Å²) in [4.78, 5) is 13.4. The molecule has 0 atom stereocenters. The molecule has 0 unspecified atom stereocenters. The number of nitrogens with one attached hydrogen (secondary N) is 2. The third-order valence-corrected chi connectivity index (χ3v) is 1.29. The van der Waals surface area contributed by atoms with Crippen LogP contribution < -0.4 is 10.9 Å². The fourth-order valence-corrected chi connectivity index (χ4v) is 0.955. The van der Waals surface area contributed by atoms with Crippen LogP contribution in [0.2, 0.25) is 0 Å². The second-order valence-corrected chi connectivity index (χ2v) is 3.82. The summed E-state index contributed by atoms with van der Waals surface area (Å²) >= 11 is 0. The van der Waals surface area contributed by atoms with Crippen LogP contribution in [-0.4, -0.2) is 10.5 Å². The molecule has 0 aliphatic heterocycles. The van der Waals surface area contributed by atoms with Crippen LogP contribution in [0.4, 0.5) is 5.69 Å². The van der Waals surface area contributed by atoms with Crippen LogP contribution in [0, 0.1) is 0 Å². The van der Waals surface area contributed by atoms with Crippen molar-refractivity contribution in [2.75, 3.05) is 5.32 Å². The monoisotopic (exact) mass is 166 g/mol. The molecule has 0 saturated heterocycles. The van der Waals surface area contributed by atoms with Gasteiger partial charge in [0.1, 0.15) is 0 Å². The van der Waals surface area contributed by atoms with Crippen molar-refractivity contribution in [1.29, 1.82) is 0 Å².